The lowest BCUT2D eigenvalue weighted by molar-refractivity contribution is -0.122. The lowest BCUT2D eigenvalue weighted by Gasteiger charge is -2.16. The number of nitrogens with one attached hydrogen (secondary N) is 1. The molecule has 0 saturated heterocycles. The number of hydrogen-bond acceptors (Lipinski definition) is 6. The minimum atomic E-state index is -0.862. The molecule has 8 nitrogen and oxygen atoms in total. The number of hydrogen-bond donors (Lipinski definition) is 1. The van der Waals surface area contributed by atoms with Crippen molar-refractivity contribution < 1.29 is 19.0 Å². The molecular weight excluding hydrogens is 386 g/mol. The predicted molar refractivity (Wildman–Crippen MR) is 102 cm³/mol. The first-order valence-corrected chi connectivity index (χ1v) is 8.86. The van der Waals surface area contributed by atoms with Gasteiger partial charge in [-0.05, 0) is 38.1 Å². The number of ether oxygens (including phenoxy) is 3. The van der Waals surface area contributed by atoms with Crippen LogP contribution in [0.3, 0.4) is 0 Å². The highest BCUT2D eigenvalue weighted by Crippen LogP contribution is 2.35. The Morgan fingerprint density at radius 2 is 2.07 bits per heavy atom. The molecule has 2 aromatic heterocycles. The monoisotopic (exact) mass is 401 g/mol. The fraction of sp³-hybridized carbons (Fsp3) is 0.211. The molecule has 0 fully saturated rings. The summed E-state index contributed by atoms with van der Waals surface area (Å²) in [5.74, 6) is 1.13. The summed E-state index contributed by atoms with van der Waals surface area (Å²) in [7, 11) is 0. The van der Waals surface area contributed by atoms with Gasteiger partial charge in [-0.25, -0.2) is 4.98 Å². The normalized spacial score (nSPS) is 13.4. The zero-order valence-electron chi connectivity index (χ0n) is 15.1. The molecule has 144 valence electrons. The first kappa shape index (κ1) is 18.1. The standard InChI is InChI=1S/C19H16ClN3O5/c1-10-17(19(25)23-8-12(20)3-6-16(23)21-10)22-18(24)11(2)28-13-4-5-14-15(7-13)27-9-26-14/h3-8,11H,9H2,1-2H3,(H,22,24)/t11-/m0/s1. The summed E-state index contributed by atoms with van der Waals surface area (Å²) in [4.78, 5) is 29.6. The molecule has 0 saturated carbocycles. The fourth-order valence-corrected chi connectivity index (χ4v) is 2.96. The van der Waals surface area contributed by atoms with Crippen LogP contribution in [0.15, 0.2) is 41.3 Å². The second-order valence-electron chi connectivity index (χ2n) is 6.22. The van der Waals surface area contributed by atoms with Crippen LogP contribution in [0, 0.1) is 6.92 Å². The number of nitrogens with zero attached hydrogens (tertiary/aromatic N) is 2. The lowest BCUT2D eigenvalue weighted by Crippen LogP contribution is -2.33. The summed E-state index contributed by atoms with van der Waals surface area (Å²) >= 11 is 5.96. The van der Waals surface area contributed by atoms with Crippen LogP contribution in [0.5, 0.6) is 17.2 Å². The van der Waals surface area contributed by atoms with Crippen molar-refractivity contribution in [3.05, 3.63) is 57.6 Å². The SMILES string of the molecule is Cc1nc2ccc(Cl)cn2c(=O)c1NC(=O)[C@H](C)Oc1ccc2c(c1)OCO2. The number of anilines is 1. The lowest BCUT2D eigenvalue weighted by atomic mass is 10.3. The maximum Gasteiger partial charge on any atom is 0.281 e. The van der Waals surface area contributed by atoms with Crippen LogP contribution in [0.25, 0.3) is 5.65 Å². The van der Waals surface area contributed by atoms with Crippen LogP contribution < -0.4 is 25.1 Å². The second kappa shape index (κ2) is 7.05. The summed E-state index contributed by atoms with van der Waals surface area (Å²) in [5.41, 5.74) is 0.491. The quantitative estimate of drug-likeness (QED) is 0.722. The Morgan fingerprint density at radius 1 is 1.29 bits per heavy atom. The molecule has 0 spiro atoms. The van der Waals surface area contributed by atoms with Crippen molar-refractivity contribution in [1.82, 2.24) is 9.38 Å². The Hall–Kier alpha value is -3.26. The molecule has 0 radical (unpaired) electrons. The zero-order valence-corrected chi connectivity index (χ0v) is 15.8. The Kier molecular flexibility index (Phi) is 4.56. The van der Waals surface area contributed by atoms with Crippen molar-refractivity contribution in [2.75, 3.05) is 12.1 Å². The summed E-state index contributed by atoms with van der Waals surface area (Å²) in [6.45, 7) is 3.38. The van der Waals surface area contributed by atoms with Crippen LogP contribution in [0.2, 0.25) is 5.02 Å². The van der Waals surface area contributed by atoms with Gasteiger partial charge in [0.1, 0.15) is 17.1 Å². The number of aromatic nitrogens is 2. The average Bonchev–Trinajstić information content (AvgIpc) is 3.13. The largest absolute Gasteiger partial charge is 0.481 e. The van der Waals surface area contributed by atoms with E-state index in [0.29, 0.717) is 33.6 Å². The molecule has 3 heterocycles. The van der Waals surface area contributed by atoms with E-state index in [9.17, 15) is 9.59 Å². The van der Waals surface area contributed by atoms with Crippen molar-refractivity contribution in [3.8, 4) is 17.2 Å². The number of aryl methyl sites for hydroxylation is 1. The number of amides is 1. The first-order valence-electron chi connectivity index (χ1n) is 8.48. The summed E-state index contributed by atoms with van der Waals surface area (Å²) in [6.07, 6.45) is 0.590. The van der Waals surface area contributed by atoms with Gasteiger partial charge in [0.2, 0.25) is 6.79 Å². The van der Waals surface area contributed by atoms with E-state index in [4.69, 9.17) is 25.8 Å². The molecule has 28 heavy (non-hydrogen) atoms. The van der Waals surface area contributed by atoms with Crippen LogP contribution in [-0.2, 0) is 4.79 Å². The van der Waals surface area contributed by atoms with Crippen LogP contribution in [-0.4, -0.2) is 28.2 Å². The number of halogens is 1. The zero-order chi connectivity index (χ0) is 19.8. The Bertz CT molecular complexity index is 1140. The van der Waals surface area contributed by atoms with Gasteiger partial charge in [-0.2, -0.15) is 0 Å². The molecule has 1 amide bonds. The van der Waals surface area contributed by atoms with E-state index in [0.717, 1.165) is 0 Å². The summed E-state index contributed by atoms with van der Waals surface area (Å²) in [5, 5.41) is 2.99. The van der Waals surface area contributed by atoms with E-state index in [2.05, 4.69) is 10.3 Å². The highest BCUT2D eigenvalue weighted by molar-refractivity contribution is 6.30. The molecule has 1 N–H and O–H groups in total. The molecule has 0 unspecified atom stereocenters. The molecule has 0 bridgehead atoms. The van der Waals surface area contributed by atoms with Crippen LogP contribution >= 0.6 is 11.6 Å². The fourth-order valence-electron chi connectivity index (χ4n) is 2.80. The van der Waals surface area contributed by atoms with E-state index in [1.807, 2.05) is 0 Å². The highest BCUT2D eigenvalue weighted by atomic mass is 35.5. The number of carbonyl (C=O) groups excluding carboxylic acids is 1. The Morgan fingerprint density at radius 3 is 2.89 bits per heavy atom. The number of fused-ring (bicyclic) bond motifs is 2. The minimum absolute atomic E-state index is 0.0749. The summed E-state index contributed by atoms with van der Waals surface area (Å²) in [6, 6.07) is 8.30. The van der Waals surface area contributed by atoms with Gasteiger partial charge in [-0.1, -0.05) is 11.6 Å². The molecule has 0 aliphatic carbocycles. The smallest absolute Gasteiger partial charge is 0.281 e. The van der Waals surface area contributed by atoms with E-state index < -0.39 is 17.6 Å². The molecule has 1 aliphatic rings. The van der Waals surface area contributed by atoms with Crippen molar-refractivity contribution in [3.63, 3.8) is 0 Å². The third-order valence-electron chi connectivity index (χ3n) is 4.24. The van der Waals surface area contributed by atoms with Crippen LogP contribution in [0.4, 0.5) is 5.69 Å². The topological polar surface area (TPSA) is 91.2 Å². The van der Waals surface area contributed by atoms with E-state index in [1.165, 1.54) is 10.6 Å². The van der Waals surface area contributed by atoms with Crippen molar-refractivity contribution in [2.24, 2.45) is 0 Å². The maximum atomic E-state index is 12.7. The van der Waals surface area contributed by atoms with Crippen LogP contribution in [0.1, 0.15) is 12.6 Å². The third kappa shape index (κ3) is 3.34. The van der Waals surface area contributed by atoms with E-state index in [1.54, 1.807) is 44.2 Å². The van der Waals surface area contributed by atoms with Crippen molar-refractivity contribution >= 4 is 28.8 Å². The van der Waals surface area contributed by atoms with Gasteiger partial charge in [0, 0.05) is 12.3 Å². The van der Waals surface area contributed by atoms with Gasteiger partial charge >= 0.3 is 0 Å². The summed E-state index contributed by atoms with van der Waals surface area (Å²) < 4.78 is 17.5. The molecule has 1 aliphatic heterocycles. The van der Waals surface area contributed by atoms with Gasteiger partial charge in [-0.3, -0.25) is 14.0 Å². The molecule has 3 aromatic rings. The van der Waals surface area contributed by atoms with Crippen molar-refractivity contribution in [2.45, 2.75) is 20.0 Å². The molecular formula is C19H16ClN3O5. The van der Waals surface area contributed by atoms with Gasteiger partial charge < -0.3 is 19.5 Å². The maximum absolute atomic E-state index is 12.7. The minimum Gasteiger partial charge on any atom is -0.481 e. The van der Waals surface area contributed by atoms with Gasteiger partial charge in [0.05, 0.1) is 10.7 Å². The number of pyridine rings is 1. The molecule has 1 aromatic carbocycles. The number of rotatable bonds is 4. The Labute approximate surface area is 164 Å². The molecule has 9 heteroatoms. The molecule has 4 rings (SSSR count). The van der Waals surface area contributed by atoms with Gasteiger partial charge in [0.15, 0.2) is 17.6 Å². The average molecular weight is 402 g/mol. The third-order valence-corrected chi connectivity index (χ3v) is 4.47. The van der Waals surface area contributed by atoms with Gasteiger partial charge in [0.25, 0.3) is 11.5 Å². The second-order valence-corrected chi connectivity index (χ2v) is 6.65. The number of benzene rings is 1. The predicted octanol–water partition coefficient (Wildman–Crippen LogP) is 2.79. The Balaban J connectivity index is 1.55. The molecule has 1 atom stereocenters. The van der Waals surface area contributed by atoms with Gasteiger partial charge in [-0.15, -0.1) is 0 Å². The van der Waals surface area contributed by atoms with E-state index in [-0.39, 0.29) is 12.5 Å². The first-order chi connectivity index (χ1) is 13.4. The van der Waals surface area contributed by atoms with E-state index >= 15 is 0 Å². The number of carbonyl (C=O) groups is 1. The van der Waals surface area contributed by atoms with Crippen molar-refractivity contribution in [1.29, 1.82) is 0 Å². The highest BCUT2D eigenvalue weighted by Gasteiger charge is 2.21.